The van der Waals surface area contributed by atoms with E-state index in [-0.39, 0.29) is 6.42 Å². The van der Waals surface area contributed by atoms with Crippen LogP contribution in [0, 0.1) is 0 Å². The van der Waals surface area contributed by atoms with Crippen LogP contribution in [0.2, 0.25) is 0 Å². The lowest BCUT2D eigenvalue weighted by molar-refractivity contribution is -0.137. The number of methoxy groups -OCH3 is 2. The summed E-state index contributed by atoms with van der Waals surface area (Å²) in [4.78, 5) is 10.4. The number of benzene rings is 1. The standard InChI is InChI=1S/C13H18O5/c1-17-9-6-7-10(12(8-9)18-2)11(14)4-3-5-13(15)16/h6-8,11,14H,3-5H2,1-2H3,(H,15,16). The minimum Gasteiger partial charge on any atom is -0.497 e. The third kappa shape index (κ3) is 3.92. The molecule has 0 saturated heterocycles. The molecule has 1 aromatic rings. The maximum Gasteiger partial charge on any atom is 0.303 e. The van der Waals surface area contributed by atoms with Gasteiger partial charge in [-0.15, -0.1) is 0 Å². The van der Waals surface area contributed by atoms with E-state index in [0.29, 0.717) is 29.9 Å². The normalized spacial score (nSPS) is 11.9. The molecular weight excluding hydrogens is 236 g/mol. The van der Waals surface area contributed by atoms with Gasteiger partial charge in [0.2, 0.25) is 0 Å². The molecule has 0 aromatic heterocycles. The molecule has 1 rings (SSSR count). The fourth-order valence-electron chi connectivity index (χ4n) is 1.70. The highest BCUT2D eigenvalue weighted by Crippen LogP contribution is 2.31. The fourth-order valence-corrected chi connectivity index (χ4v) is 1.70. The van der Waals surface area contributed by atoms with Gasteiger partial charge in [-0.2, -0.15) is 0 Å². The molecule has 0 radical (unpaired) electrons. The van der Waals surface area contributed by atoms with Crippen LogP contribution < -0.4 is 9.47 Å². The Bertz CT molecular complexity index is 402. The maximum absolute atomic E-state index is 10.4. The summed E-state index contributed by atoms with van der Waals surface area (Å²) in [5.41, 5.74) is 0.642. The van der Waals surface area contributed by atoms with Crippen molar-refractivity contribution < 1.29 is 24.5 Å². The number of carbonyl (C=O) groups is 1. The summed E-state index contributed by atoms with van der Waals surface area (Å²) >= 11 is 0. The molecule has 0 saturated carbocycles. The Morgan fingerprint density at radius 1 is 1.33 bits per heavy atom. The van der Waals surface area contributed by atoms with Crippen LogP contribution in [0.5, 0.6) is 11.5 Å². The van der Waals surface area contributed by atoms with Crippen molar-refractivity contribution in [3.8, 4) is 11.5 Å². The number of aliphatic carboxylic acids is 1. The molecule has 100 valence electrons. The first kappa shape index (κ1) is 14.3. The number of aliphatic hydroxyl groups excluding tert-OH is 1. The molecule has 5 heteroatoms. The largest absolute Gasteiger partial charge is 0.497 e. The smallest absolute Gasteiger partial charge is 0.303 e. The van der Waals surface area contributed by atoms with Crippen molar-refractivity contribution in [2.45, 2.75) is 25.4 Å². The van der Waals surface area contributed by atoms with Gasteiger partial charge in [-0.05, 0) is 25.0 Å². The van der Waals surface area contributed by atoms with Crippen molar-refractivity contribution >= 4 is 5.97 Å². The lowest BCUT2D eigenvalue weighted by Crippen LogP contribution is -2.03. The van der Waals surface area contributed by atoms with Gasteiger partial charge in [0, 0.05) is 18.1 Å². The Morgan fingerprint density at radius 3 is 2.61 bits per heavy atom. The Morgan fingerprint density at radius 2 is 2.06 bits per heavy atom. The van der Waals surface area contributed by atoms with Crippen molar-refractivity contribution in [3.63, 3.8) is 0 Å². The fraction of sp³-hybridized carbons (Fsp3) is 0.462. The molecule has 0 bridgehead atoms. The van der Waals surface area contributed by atoms with Crippen LogP contribution in [0.3, 0.4) is 0 Å². The molecule has 0 heterocycles. The van der Waals surface area contributed by atoms with E-state index in [1.54, 1.807) is 25.3 Å². The van der Waals surface area contributed by atoms with E-state index in [1.165, 1.54) is 7.11 Å². The van der Waals surface area contributed by atoms with Crippen molar-refractivity contribution in [2.75, 3.05) is 14.2 Å². The van der Waals surface area contributed by atoms with Crippen LogP contribution in [-0.4, -0.2) is 30.4 Å². The summed E-state index contributed by atoms with van der Waals surface area (Å²) in [7, 11) is 3.07. The Labute approximate surface area is 106 Å². The van der Waals surface area contributed by atoms with Gasteiger partial charge in [0.05, 0.1) is 20.3 Å². The zero-order chi connectivity index (χ0) is 13.5. The molecule has 0 aliphatic heterocycles. The zero-order valence-corrected chi connectivity index (χ0v) is 10.5. The summed E-state index contributed by atoms with van der Waals surface area (Å²) in [6.07, 6.45) is 0.126. The Balaban J connectivity index is 2.72. The maximum atomic E-state index is 10.4. The molecular formula is C13H18O5. The van der Waals surface area contributed by atoms with Crippen LogP contribution in [0.15, 0.2) is 18.2 Å². The van der Waals surface area contributed by atoms with E-state index >= 15 is 0 Å². The molecule has 18 heavy (non-hydrogen) atoms. The van der Waals surface area contributed by atoms with Gasteiger partial charge in [-0.1, -0.05) is 0 Å². The number of ether oxygens (including phenoxy) is 2. The Hall–Kier alpha value is -1.75. The number of rotatable bonds is 7. The van der Waals surface area contributed by atoms with Gasteiger partial charge in [-0.25, -0.2) is 0 Å². The summed E-state index contributed by atoms with van der Waals surface area (Å²) in [6.45, 7) is 0. The molecule has 0 aliphatic carbocycles. The van der Waals surface area contributed by atoms with E-state index in [2.05, 4.69) is 0 Å². The molecule has 2 N–H and O–H groups in total. The second-order valence-electron chi connectivity index (χ2n) is 3.91. The van der Waals surface area contributed by atoms with E-state index in [9.17, 15) is 9.90 Å². The van der Waals surface area contributed by atoms with Crippen LogP contribution in [0.1, 0.15) is 30.9 Å². The molecule has 0 spiro atoms. The number of aliphatic hydroxyl groups is 1. The van der Waals surface area contributed by atoms with E-state index in [0.717, 1.165) is 0 Å². The zero-order valence-electron chi connectivity index (χ0n) is 10.5. The molecule has 0 aliphatic rings. The highest BCUT2D eigenvalue weighted by atomic mass is 16.5. The highest BCUT2D eigenvalue weighted by molar-refractivity contribution is 5.66. The average Bonchev–Trinajstić information content (AvgIpc) is 2.37. The predicted molar refractivity (Wildman–Crippen MR) is 66.0 cm³/mol. The molecule has 1 unspecified atom stereocenters. The monoisotopic (exact) mass is 254 g/mol. The number of carboxylic acid groups (broad SMARTS) is 1. The minimum absolute atomic E-state index is 0.0511. The number of hydrogen-bond donors (Lipinski definition) is 2. The third-order valence-electron chi connectivity index (χ3n) is 2.67. The number of hydrogen-bond acceptors (Lipinski definition) is 4. The summed E-state index contributed by atoms with van der Waals surface area (Å²) in [5, 5.41) is 18.5. The molecule has 5 nitrogen and oxygen atoms in total. The van der Waals surface area contributed by atoms with Crippen LogP contribution in [0.4, 0.5) is 0 Å². The van der Waals surface area contributed by atoms with Gasteiger partial charge >= 0.3 is 5.97 Å². The molecule has 1 aromatic carbocycles. The molecule has 0 amide bonds. The van der Waals surface area contributed by atoms with Gasteiger partial charge < -0.3 is 19.7 Å². The molecule has 0 fully saturated rings. The molecule has 1 atom stereocenters. The van der Waals surface area contributed by atoms with Crippen molar-refractivity contribution in [3.05, 3.63) is 23.8 Å². The first-order chi connectivity index (χ1) is 8.58. The van der Waals surface area contributed by atoms with Gasteiger partial charge in [0.25, 0.3) is 0 Å². The van der Waals surface area contributed by atoms with Crippen LogP contribution >= 0.6 is 0 Å². The van der Waals surface area contributed by atoms with Gasteiger partial charge in [0.1, 0.15) is 11.5 Å². The highest BCUT2D eigenvalue weighted by Gasteiger charge is 2.14. The predicted octanol–water partition coefficient (Wildman–Crippen LogP) is 1.99. The van der Waals surface area contributed by atoms with Crippen LogP contribution in [0.25, 0.3) is 0 Å². The second kappa shape index (κ2) is 6.86. The van der Waals surface area contributed by atoms with Crippen molar-refractivity contribution in [1.29, 1.82) is 0 Å². The summed E-state index contributed by atoms with van der Waals surface area (Å²) in [6, 6.07) is 5.15. The quantitative estimate of drug-likeness (QED) is 0.778. The average molecular weight is 254 g/mol. The van der Waals surface area contributed by atoms with Gasteiger partial charge in [-0.3, -0.25) is 4.79 Å². The lowest BCUT2D eigenvalue weighted by Gasteiger charge is -2.15. The van der Waals surface area contributed by atoms with Crippen LogP contribution in [-0.2, 0) is 4.79 Å². The first-order valence-electron chi connectivity index (χ1n) is 5.70. The third-order valence-corrected chi connectivity index (χ3v) is 2.67. The van der Waals surface area contributed by atoms with E-state index in [1.807, 2.05) is 0 Å². The lowest BCUT2D eigenvalue weighted by atomic mass is 10.0. The van der Waals surface area contributed by atoms with Gasteiger partial charge in [0.15, 0.2) is 0 Å². The second-order valence-corrected chi connectivity index (χ2v) is 3.91. The van der Waals surface area contributed by atoms with E-state index < -0.39 is 12.1 Å². The topological polar surface area (TPSA) is 76.0 Å². The van der Waals surface area contributed by atoms with E-state index in [4.69, 9.17) is 14.6 Å². The van der Waals surface area contributed by atoms with Crippen molar-refractivity contribution in [2.24, 2.45) is 0 Å². The first-order valence-corrected chi connectivity index (χ1v) is 5.70. The SMILES string of the molecule is COc1ccc(C(O)CCCC(=O)O)c(OC)c1. The Kier molecular flexibility index (Phi) is 5.45. The number of carboxylic acids is 1. The summed E-state index contributed by atoms with van der Waals surface area (Å²) in [5.74, 6) is 0.328. The minimum atomic E-state index is -0.858. The van der Waals surface area contributed by atoms with Crippen molar-refractivity contribution in [1.82, 2.24) is 0 Å². The summed E-state index contributed by atoms with van der Waals surface area (Å²) < 4.78 is 10.2.